The number of hydrogen-bond donors (Lipinski definition) is 3. The molecule has 0 spiro atoms. The molecule has 2 saturated heterocycles. The van der Waals surface area contributed by atoms with E-state index < -0.39 is 29.3 Å². The first-order valence-electron chi connectivity index (χ1n) is 22.6. The average molecular weight is 892 g/mol. The van der Waals surface area contributed by atoms with Crippen molar-refractivity contribution in [3.05, 3.63) is 84.2 Å². The number of aryl methyl sites for hydroxylation is 1. The number of nitrogens with one attached hydrogen (secondary N) is 2. The summed E-state index contributed by atoms with van der Waals surface area (Å²) in [5.74, 6) is -2.05. The monoisotopic (exact) mass is 891 g/mol. The summed E-state index contributed by atoms with van der Waals surface area (Å²) in [6, 6.07) is 11.4. The lowest BCUT2D eigenvalue weighted by atomic mass is 9.84. The van der Waals surface area contributed by atoms with E-state index in [0.717, 1.165) is 51.7 Å². The number of aromatic hydroxyl groups is 1. The Morgan fingerprint density at radius 1 is 1.09 bits per heavy atom. The van der Waals surface area contributed by atoms with E-state index >= 15 is 0 Å². The van der Waals surface area contributed by atoms with Gasteiger partial charge < -0.3 is 34.3 Å². The van der Waals surface area contributed by atoms with Gasteiger partial charge in [0.1, 0.15) is 17.8 Å². The zero-order chi connectivity index (χ0) is 47.0. The lowest BCUT2D eigenvalue weighted by molar-refractivity contribution is -0.145. The second-order valence-electron chi connectivity index (χ2n) is 18.4. The summed E-state index contributed by atoms with van der Waals surface area (Å²) in [6.45, 7) is 17.0. The van der Waals surface area contributed by atoms with Crippen molar-refractivity contribution in [3.8, 4) is 28.1 Å². The summed E-state index contributed by atoms with van der Waals surface area (Å²) in [5.41, 5.74) is 9.88. The van der Waals surface area contributed by atoms with Crippen LogP contribution in [0.5, 0.6) is 5.75 Å². The van der Waals surface area contributed by atoms with E-state index in [-0.39, 0.29) is 49.0 Å². The number of fused-ring (bicyclic) bond motifs is 1. The minimum atomic E-state index is -1.04. The van der Waals surface area contributed by atoms with Crippen LogP contribution in [-0.2, 0) is 59.4 Å². The second kappa shape index (κ2) is 21.3. The number of ether oxygens (including phenoxy) is 2. The smallest absolute Gasteiger partial charge is 0.293 e. The van der Waals surface area contributed by atoms with Gasteiger partial charge in [0.15, 0.2) is 0 Å². The van der Waals surface area contributed by atoms with Gasteiger partial charge in [-0.2, -0.15) is 0 Å². The third-order valence-electron chi connectivity index (χ3n) is 12.6. The van der Waals surface area contributed by atoms with Crippen LogP contribution in [0.1, 0.15) is 70.6 Å². The van der Waals surface area contributed by atoms with E-state index in [2.05, 4.69) is 59.8 Å². The molecule has 65 heavy (non-hydrogen) atoms. The fraction of sp³-hybridized carbons (Fsp3) is 0.480. The summed E-state index contributed by atoms with van der Waals surface area (Å²) in [6.07, 6.45) is 7.67. The average Bonchev–Trinajstić information content (AvgIpc) is 3.90. The van der Waals surface area contributed by atoms with Crippen LogP contribution in [-0.4, -0.2) is 119 Å². The van der Waals surface area contributed by atoms with E-state index in [1.54, 1.807) is 42.4 Å². The van der Waals surface area contributed by atoms with Crippen LogP contribution < -0.4 is 10.7 Å². The number of carbonyl (C=O) groups excluding carboxylic acids is 5. The highest BCUT2D eigenvalue weighted by Crippen LogP contribution is 2.41. The van der Waals surface area contributed by atoms with Gasteiger partial charge in [-0.1, -0.05) is 46.4 Å². The summed E-state index contributed by atoms with van der Waals surface area (Å²) in [4.78, 5) is 73.7. The third kappa shape index (κ3) is 11.1. The maximum atomic E-state index is 14.4. The normalized spacial score (nSPS) is 16.3. The van der Waals surface area contributed by atoms with Crippen LogP contribution >= 0.6 is 0 Å². The molecule has 0 radical (unpaired) electrons. The van der Waals surface area contributed by atoms with Gasteiger partial charge in [-0.25, -0.2) is 5.43 Å². The van der Waals surface area contributed by atoms with Gasteiger partial charge in [0, 0.05) is 87.6 Å². The molecule has 6 rings (SSSR count). The van der Waals surface area contributed by atoms with E-state index in [1.807, 2.05) is 38.2 Å². The molecule has 4 aromatic rings. The number of benzene rings is 2. The van der Waals surface area contributed by atoms with Crippen LogP contribution in [0.2, 0.25) is 0 Å². The molecule has 0 saturated carbocycles. The van der Waals surface area contributed by atoms with Crippen molar-refractivity contribution in [2.75, 3.05) is 46.9 Å². The Labute approximate surface area is 382 Å². The SMILES string of the molecule is C=CC(=O)N1CC[C@H](C(=O)N(C)C(C(=O)N[C@@H](Cc2cc(O)cc(-c3ccc4c(c3)c(CC(C)(C)COC=O)c(-c3cnccc3COC)n4CC)c2)C(=O)N2CCCCN2)C(C)C)C1. The summed E-state index contributed by atoms with van der Waals surface area (Å²) in [7, 11) is 3.27. The van der Waals surface area contributed by atoms with Crippen LogP contribution in [0.15, 0.2) is 67.5 Å². The summed E-state index contributed by atoms with van der Waals surface area (Å²) < 4.78 is 13.2. The number of pyridine rings is 1. The van der Waals surface area contributed by atoms with Crippen molar-refractivity contribution in [1.82, 2.24) is 35.1 Å². The Bertz CT molecular complexity index is 2390. The number of carbonyl (C=O) groups is 5. The predicted octanol–water partition coefficient (Wildman–Crippen LogP) is 5.66. The minimum absolute atomic E-state index is 0.00379. The summed E-state index contributed by atoms with van der Waals surface area (Å²) in [5, 5.41) is 16.9. The van der Waals surface area contributed by atoms with Crippen LogP contribution in [0.3, 0.4) is 0 Å². The molecule has 2 fully saturated rings. The van der Waals surface area contributed by atoms with E-state index in [4.69, 9.17) is 9.47 Å². The molecular formula is C50H65N7O8. The molecule has 15 heteroatoms. The van der Waals surface area contributed by atoms with Crippen LogP contribution in [0.4, 0.5) is 0 Å². The number of likely N-dealkylation sites (N-methyl/N-ethyl adjacent to an activating group) is 1. The fourth-order valence-corrected chi connectivity index (χ4v) is 9.48. The number of phenolic OH excluding ortho intramolecular Hbond substituents is 1. The molecule has 15 nitrogen and oxygen atoms in total. The topological polar surface area (TPSA) is 176 Å². The first-order chi connectivity index (χ1) is 31.1. The Balaban J connectivity index is 1.37. The number of nitrogens with zero attached hydrogens (tertiary/aromatic N) is 5. The van der Waals surface area contributed by atoms with Gasteiger partial charge in [-0.15, -0.1) is 0 Å². The number of methoxy groups -OCH3 is 1. The minimum Gasteiger partial charge on any atom is -0.508 e. The maximum Gasteiger partial charge on any atom is 0.293 e. The first-order valence-corrected chi connectivity index (χ1v) is 22.6. The van der Waals surface area contributed by atoms with Crippen molar-refractivity contribution in [2.24, 2.45) is 17.3 Å². The van der Waals surface area contributed by atoms with Crippen molar-refractivity contribution >= 4 is 41.0 Å². The van der Waals surface area contributed by atoms with Gasteiger partial charge in [0.2, 0.25) is 17.7 Å². The fourth-order valence-electron chi connectivity index (χ4n) is 9.48. The van der Waals surface area contributed by atoms with Crippen LogP contribution in [0.25, 0.3) is 33.3 Å². The molecule has 348 valence electrons. The lowest BCUT2D eigenvalue weighted by Gasteiger charge is -2.35. The molecule has 0 aliphatic carbocycles. The lowest BCUT2D eigenvalue weighted by Crippen LogP contribution is -2.59. The molecule has 2 aromatic carbocycles. The molecule has 3 atom stereocenters. The first kappa shape index (κ1) is 48.4. The number of amides is 4. The van der Waals surface area contributed by atoms with E-state index in [1.165, 1.54) is 11.0 Å². The van der Waals surface area contributed by atoms with E-state index in [9.17, 15) is 29.1 Å². The molecule has 4 amide bonds. The van der Waals surface area contributed by atoms with Crippen molar-refractivity contribution in [2.45, 2.75) is 92.0 Å². The Morgan fingerprint density at radius 2 is 1.88 bits per heavy atom. The van der Waals surface area contributed by atoms with Gasteiger partial charge >= 0.3 is 0 Å². The molecule has 2 aromatic heterocycles. The maximum absolute atomic E-state index is 14.4. The number of hydrazine groups is 1. The number of hydrogen-bond acceptors (Lipinski definition) is 10. The number of likely N-dealkylation sites (tertiary alicyclic amines) is 1. The largest absolute Gasteiger partial charge is 0.508 e. The Morgan fingerprint density at radius 3 is 2.55 bits per heavy atom. The summed E-state index contributed by atoms with van der Waals surface area (Å²) >= 11 is 0. The van der Waals surface area contributed by atoms with E-state index in [0.29, 0.717) is 63.2 Å². The van der Waals surface area contributed by atoms with Gasteiger partial charge in [0.05, 0.1) is 24.8 Å². The molecule has 2 aliphatic rings. The highest BCUT2D eigenvalue weighted by atomic mass is 16.5. The molecule has 1 unspecified atom stereocenters. The van der Waals surface area contributed by atoms with Gasteiger partial charge in [-0.05, 0) is 103 Å². The Kier molecular flexibility index (Phi) is 15.8. The highest BCUT2D eigenvalue weighted by molar-refractivity contribution is 5.96. The highest BCUT2D eigenvalue weighted by Gasteiger charge is 2.39. The standard InChI is InChI=1S/C50H65N7O8/c1-9-44(60)55-20-16-35(28-55)48(62)54(7)45(32(3)4)47(61)53-42(49(63)57-19-12-11-17-52-57)23-33-21-37(24-38(59)22-33)34-13-14-43-39(25-34)40(26-50(5,6)30-65-31-58)46(56(43)10-2)41-27-51-18-15-36(41)29-64-8/h9,13-15,18,21-22,24-25,27,31-32,35,42,45,52,59H,1,10-12,16-17,19-20,23,26,28-30H2,2-8H3,(H,53,61)/t35-,42-,45?/m0/s1. The van der Waals surface area contributed by atoms with Crippen molar-refractivity contribution in [3.63, 3.8) is 0 Å². The second-order valence-corrected chi connectivity index (χ2v) is 18.4. The third-order valence-corrected chi connectivity index (χ3v) is 12.6. The molecule has 4 heterocycles. The van der Waals surface area contributed by atoms with Crippen molar-refractivity contribution < 1.29 is 38.6 Å². The van der Waals surface area contributed by atoms with Gasteiger partial charge in [-0.3, -0.25) is 34.0 Å². The zero-order valence-electron chi connectivity index (χ0n) is 38.9. The quantitative estimate of drug-likeness (QED) is 0.0788. The zero-order valence-corrected chi connectivity index (χ0v) is 38.9. The Hall–Kier alpha value is -6.06. The van der Waals surface area contributed by atoms with Gasteiger partial charge in [0.25, 0.3) is 12.4 Å². The molecule has 0 bridgehead atoms. The van der Waals surface area contributed by atoms with Crippen LogP contribution in [0, 0.1) is 17.3 Å². The number of aromatic nitrogens is 2. The van der Waals surface area contributed by atoms with Crippen molar-refractivity contribution in [1.29, 1.82) is 0 Å². The number of rotatable bonds is 19. The molecule has 2 aliphatic heterocycles. The number of phenols is 1. The molecule has 3 N–H and O–H groups in total. The molecular weight excluding hydrogens is 827 g/mol. The predicted molar refractivity (Wildman–Crippen MR) is 249 cm³/mol.